The Kier molecular flexibility index (Phi) is 2.88. The number of aromatic nitrogens is 2. The van der Waals surface area contributed by atoms with Crippen LogP contribution in [0.1, 0.15) is 19.0 Å². The minimum atomic E-state index is -0.580. The van der Waals surface area contributed by atoms with E-state index in [1.54, 1.807) is 0 Å². The van der Waals surface area contributed by atoms with E-state index < -0.39 is 5.60 Å². The number of likely N-dealkylation sites (tertiary alicyclic amines) is 1. The maximum Gasteiger partial charge on any atom is 0.271 e. The highest BCUT2D eigenvalue weighted by atomic mass is 16.3. The minimum absolute atomic E-state index is 0.148. The topological polar surface area (TPSA) is 69.2 Å². The molecule has 0 saturated carbocycles. The van der Waals surface area contributed by atoms with Crippen molar-refractivity contribution in [1.29, 1.82) is 0 Å². The van der Waals surface area contributed by atoms with Gasteiger partial charge in [-0.05, 0) is 18.6 Å². The van der Waals surface area contributed by atoms with Crippen molar-refractivity contribution in [3.05, 3.63) is 40.3 Å². The molecule has 100 valence electrons. The molecule has 1 aliphatic rings. The van der Waals surface area contributed by atoms with E-state index in [9.17, 15) is 9.90 Å². The Morgan fingerprint density at radius 3 is 2.89 bits per heavy atom. The molecule has 0 atom stereocenters. The number of aromatic amines is 1. The average molecular weight is 259 g/mol. The number of β-amino-alcohol motifs (C(OH)–C–C–N with tert-alkyl or cyclic N) is 1. The molecule has 1 fully saturated rings. The third kappa shape index (κ3) is 2.27. The lowest BCUT2D eigenvalue weighted by atomic mass is 9.91. The minimum Gasteiger partial charge on any atom is -0.387 e. The van der Waals surface area contributed by atoms with E-state index in [0.29, 0.717) is 25.3 Å². The summed E-state index contributed by atoms with van der Waals surface area (Å²) < 4.78 is 0. The van der Waals surface area contributed by atoms with Crippen molar-refractivity contribution in [2.45, 2.75) is 25.5 Å². The summed E-state index contributed by atoms with van der Waals surface area (Å²) >= 11 is 0. The molecule has 2 aromatic rings. The number of para-hydroxylation sites is 2. The van der Waals surface area contributed by atoms with Crippen molar-refractivity contribution in [2.24, 2.45) is 0 Å². The molecule has 0 aliphatic carbocycles. The Labute approximate surface area is 110 Å². The zero-order chi connectivity index (χ0) is 13.5. The van der Waals surface area contributed by atoms with Crippen LogP contribution in [0.15, 0.2) is 29.1 Å². The van der Waals surface area contributed by atoms with Crippen LogP contribution in [0.4, 0.5) is 0 Å². The van der Waals surface area contributed by atoms with Gasteiger partial charge in [-0.25, -0.2) is 4.98 Å². The van der Waals surface area contributed by atoms with Crippen LogP contribution in [0.5, 0.6) is 0 Å². The molecule has 1 aliphatic heterocycles. The average Bonchev–Trinajstić information content (AvgIpc) is 2.37. The Balaban J connectivity index is 1.82. The van der Waals surface area contributed by atoms with Gasteiger partial charge in [0.05, 0.1) is 16.6 Å². The fourth-order valence-electron chi connectivity index (χ4n) is 2.51. The number of nitrogens with zero attached hydrogens (tertiary/aromatic N) is 2. The van der Waals surface area contributed by atoms with Crippen LogP contribution < -0.4 is 5.56 Å². The number of fused-ring (bicyclic) bond motifs is 1. The summed E-state index contributed by atoms with van der Waals surface area (Å²) in [5.74, 6) is 0. The summed E-state index contributed by atoms with van der Waals surface area (Å²) in [5.41, 5.74) is 1.33. The number of hydrogen-bond donors (Lipinski definition) is 2. The number of H-pyrrole nitrogens is 1. The molecule has 0 spiro atoms. The SMILES string of the molecule is CCC1(O)CN(Cc2nc3ccccc3[nH]c2=O)C1. The molecule has 1 aromatic heterocycles. The van der Waals surface area contributed by atoms with Gasteiger partial charge in [0, 0.05) is 19.6 Å². The van der Waals surface area contributed by atoms with Gasteiger partial charge in [-0.2, -0.15) is 0 Å². The van der Waals surface area contributed by atoms with Crippen LogP contribution in [-0.4, -0.2) is 38.7 Å². The lowest BCUT2D eigenvalue weighted by molar-refractivity contribution is -0.104. The van der Waals surface area contributed by atoms with Crippen LogP contribution in [0.3, 0.4) is 0 Å². The predicted molar refractivity (Wildman–Crippen MR) is 72.9 cm³/mol. The highest BCUT2D eigenvalue weighted by Crippen LogP contribution is 2.24. The second-order valence-corrected chi connectivity index (χ2v) is 5.25. The van der Waals surface area contributed by atoms with Crippen LogP contribution in [0, 0.1) is 0 Å². The van der Waals surface area contributed by atoms with Crippen molar-refractivity contribution in [3.8, 4) is 0 Å². The van der Waals surface area contributed by atoms with Crippen molar-refractivity contribution in [2.75, 3.05) is 13.1 Å². The van der Waals surface area contributed by atoms with Crippen molar-refractivity contribution < 1.29 is 5.11 Å². The van der Waals surface area contributed by atoms with E-state index in [1.807, 2.05) is 36.1 Å². The smallest absolute Gasteiger partial charge is 0.271 e. The first kappa shape index (κ1) is 12.3. The lowest BCUT2D eigenvalue weighted by Crippen LogP contribution is -2.61. The van der Waals surface area contributed by atoms with Gasteiger partial charge >= 0.3 is 0 Å². The fourth-order valence-corrected chi connectivity index (χ4v) is 2.51. The molecular formula is C14H17N3O2. The predicted octanol–water partition coefficient (Wildman–Crippen LogP) is 0.880. The molecule has 5 heteroatoms. The third-order valence-corrected chi connectivity index (χ3v) is 3.74. The molecule has 0 radical (unpaired) electrons. The molecule has 1 saturated heterocycles. The normalized spacial score (nSPS) is 18.4. The van der Waals surface area contributed by atoms with Crippen LogP contribution in [-0.2, 0) is 6.54 Å². The van der Waals surface area contributed by atoms with E-state index in [4.69, 9.17) is 0 Å². The molecule has 0 unspecified atom stereocenters. The first-order valence-corrected chi connectivity index (χ1v) is 6.52. The highest BCUT2D eigenvalue weighted by Gasteiger charge is 2.39. The maximum absolute atomic E-state index is 11.9. The molecule has 2 heterocycles. The van der Waals surface area contributed by atoms with Gasteiger partial charge in [0.15, 0.2) is 0 Å². The van der Waals surface area contributed by atoms with E-state index >= 15 is 0 Å². The Morgan fingerprint density at radius 1 is 1.42 bits per heavy atom. The van der Waals surface area contributed by atoms with Gasteiger partial charge in [-0.1, -0.05) is 19.1 Å². The molecule has 5 nitrogen and oxygen atoms in total. The maximum atomic E-state index is 11.9. The van der Waals surface area contributed by atoms with Gasteiger partial charge in [0.2, 0.25) is 0 Å². The van der Waals surface area contributed by atoms with Crippen molar-refractivity contribution in [3.63, 3.8) is 0 Å². The van der Waals surface area contributed by atoms with Crippen molar-refractivity contribution >= 4 is 11.0 Å². The number of nitrogens with one attached hydrogen (secondary N) is 1. The van der Waals surface area contributed by atoms with Gasteiger partial charge in [-0.15, -0.1) is 0 Å². The van der Waals surface area contributed by atoms with E-state index in [1.165, 1.54) is 0 Å². The van der Waals surface area contributed by atoms with Crippen LogP contribution in [0.25, 0.3) is 11.0 Å². The van der Waals surface area contributed by atoms with E-state index in [0.717, 1.165) is 17.5 Å². The van der Waals surface area contributed by atoms with E-state index in [2.05, 4.69) is 9.97 Å². The largest absolute Gasteiger partial charge is 0.387 e. The number of rotatable bonds is 3. The standard InChI is InChI=1S/C14H17N3O2/c1-2-14(19)8-17(9-14)7-12-13(18)16-11-6-4-3-5-10(11)15-12/h3-6,19H,2,7-9H2,1H3,(H,16,18). The van der Waals surface area contributed by atoms with Gasteiger partial charge in [0.25, 0.3) is 5.56 Å². The monoisotopic (exact) mass is 259 g/mol. The summed E-state index contributed by atoms with van der Waals surface area (Å²) in [6, 6.07) is 7.49. The summed E-state index contributed by atoms with van der Waals surface area (Å²) in [7, 11) is 0. The first-order valence-electron chi connectivity index (χ1n) is 6.52. The summed E-state index contributed by atoms with van der Waals surface area (Å²) in [5, 5.41) is 9.96. The second-order valence-electron chi connectivity index (χ2n) is 5.25. The third-order valence-electron chi connectivity index (χ3n) is 3.74. The zero-order valence-electron chi connectivity index (χ0n) is 10.9. The van der Waals surface area contributed by atoms with Gasteiger partial charge in [0.1, 0.15) is 5.69 Å². The molecular weight excluding hydrogens is 242 g/mol. The number of benzene rings is 1. The van der Waals surface area contributed by atoms with Crippen molar-refractivity contribution in [1.82, 2.24) is 14.9 Å². The summed E-state index contributed by atoms with van der Waals surface area (Å²) in [6.45, 7) is 3.68. The Bertz CT molecular complexity index is 659. The number of hydrogen-bond acceptors (Lipinski definition) is 4. The first-order chi connectivity index (χ1) is 9.09. The second kappa shape index (κ2) is 4.43. The quantitative estimate of drug-likeness (QED) is 0.858. The highest BCUT2D eigenvalue weighted by molar-refractivity contribution is 5.73. The van der Waals surface area contributed by atoms with E-state index in [-0.39, 0.29) is 5.56 Å². The Morgan fingerprint density at radius 2 is 2.16 bits per heavy atom. The summed E-state index contributed by atoms with van der Waals surface area (Å²) in [4.78, 5) is 21.2. The molecule has 0 bridgehead atoms. The molecule has 0 amide bonds. The molecule has 2 N–H and O–H groups in total. The van der Waals surface area contributed by atoms with Gasteiger partial charge < -0.3 is 10.1 Å². The lowest BCUT2D eigenvalue weighted by Gasteiger charge is -2.45. The summed E-state index contributed by atoms with van der Waals surface area (Å²) in [6.07, 6.45) is 0.741. The molecule has 1 aromatic carbocycles. The zero-order valence-corrected chi connectivity index (χ0v) is 10.9. The van der Waals surface area contributed by atoms with Crippen LogP contribution >= 0.6 is 0 Å². The molecule has 3 rings (SSSR count). The Hall–Kier alpha value is -1.72. The van der Waals surface area contributed by atoms with Crippen LogP contribution in [0.2, 0.25) is 0 Å². The fraction of sp³-hybridized carbons (Fsp3) is 0.429. The number of aliphatic hydroxyl groups is 1. The van der Waals surface area contributed by atoms with Gasteiger partial charge in [-0.3, -0.25) is 9.69 Å². The molecule has 19 heavy (non-hydrogen) atoms.